The number of carbonyl (C=O) groups is 1. The van der Waals surface area contributed by atoms with Gasteiger partial charge < -0.3 is 20.4 Å². The Hall–Kier alpha value is -0.960. The molecule has 0 aromatic heterocycles. The minimum atomic E-state index is -0.860. The molecule has 6 atom stereocenters. The number of halogens is 3. The number of hydrogen-bond donors (Lipinski definition) is 3. The van der Waals surface area contributed by atoms with Crippen LogP contribution < -0.4 is 5.32 Å². The number of benzene rings is 1. The molecule has 1 aliphatic carbocycles. The molecule has 6 nitrogen and oxygen atoms in total. The highest BCUT2D eigenvalue weighted by atomic mass is 35.5. The quantitative estimate of drug-likeness (QED) is 0.615. The van der Waals surface area contributed by atoms with Crippen LogP contribution in [0.1, 0.15) is 18.9 Å². The van der Waals surface area contributed by atoms with Crippen molar-refractivity contribution in [2.24, 2.45) is 23.7 Å². The fourth-order valence-electron chi connectivity index (χ4n) is 5.52. The van der Waals surface area contributed by atoms with Gasteiger partial charge in [-0.1, -0.05) is 19.1 Å². The zero-order valence-electron chi connectivity index (χ0n) is 17.8. The SMILES string of the molecule is C[C@H]1[C@H](O)[C@@H](O)[C@H]2CNC[C@@H]2[C@H]1C(=O)N1CCCN(Cc2cccc(F)c2)CC1.Cl.Cl. The zero-order valence-corrected chi connectivity index (χ0v) is 19.5. The molecule has 0 radical (unpaired) electrons. The van der Waals surface area contributed by atoms with E-state index in [1.54, 1.807) is 12.1 Å². The predicted molar refractivity (Wildman–Crippen MR) is 122 cm³/mol. The summed E-state index contributed by atoms with van der Waals surface area (Å²) in [4.78, 5) is 17.7. The highest BCUT2D eigenvalue weighted by molar-refractivity contribution is 5.85. The number of rotatable bonds is 3. The van der Waals surface area contributed by atoms with E-state index in [0.29, 0.717) is 32.7 Å². The zero-order chi connectivity index (χ0) is 20.5. The van der Waals surface area contributed by atoms with Crippen LogP contribution in [0.4, 0.5) is 4.39 Å². The Balaban J connectivity index is 0.00000171. The second-order valence-corrected chi connectivity index (χ2v) is 8.94. The van der Waals surface area contributed by atoms with Gasteiger partial charge in [-0.15, -0.1) is 24.8 Å². The van der Waals surface area contributed by atoms with Crippen molar-refractivity contribution in [3.05, 3.63) is 35.6 Å². The highest BCUT2D eigenvalue weighted by Gasteiger charge is 2.52. The van der Waals surface area contributed by atoms with E-state index in [1.807, 2.05) is 17.9 Å². The van der Waals surface area contributed by atoms with Gasteiger partial charge in [0.05, 0.1) is 12.2 Å². The van der Waals surface area contributed by atoms with Crippen LogP contribution in [0.25, 0.3) is 0 Å². The lowest BCUT2D eigenvalue weighted by atomic mass is 9.65. The van der Waals surface area contributed by atoms with Gasteiger partial charge in [0.25, 0.3) is 0 Å². The molecular formula is C22H34Cl2FN3O3. The molecule has 2 heterocycles. The maximum absolute atomic E-state index is 13.5. The van der Waals surface area contributed by atoms with Gasteiger partial charge in [0, 0.05) is 51.1 Å². The summed E-state index contributed by atoms with van der Waals surface area (Å²) in [6.45, 7) is 6.90. The number of nitrogens with one attached hydrogen (secondary N) is 1. The number of aliphatic hydroxyl groups is 2. The minimum Gasteiger partial charge on any atom is -0.390 e. The van der Waals surface area contributed by atoms with Gasteiger partial charge >= 0.3 is 0 Å². The molecule has 1 saturated carbocycles. The van der Waals surface area contributed by atoms with Gasteiger partial charge in [0.2, 0.25) is 5.91 Å². The van der Waals surface area contributed by atoms with Crippen LogP contribution >= 0.6 is 24.8 Å². The monoisotopic (exact) mass is 477 g/mol. The van der Waals surface area contributed by atoms with Crippen molar-refractivity contribution in [3.63, 3.8) is 0 Å². The lowest BCUT2D eigenvalue weighted by molar-refractivity contribution is -0.155. The van der Waals surface area contributed by atoms with E-state index in [0.717, 1.165) is 25.1 Å². The third-order valence-corrected chi connectivity index (χ3v) is 7.15. The number of fused-ring (bicyclic) bond motifs is 1. The maximum atomic E-state index is 13.5. The fraction of sp³-hybridized carbons (Fsp3) is 0.682. The van der Waals surface area contributed by atoms with E-state index in [-0.39, 0.29) is 60.2 Å². The van der Waals surface area contributed by atoms with Crippen molar-refractivity contribution < 1.29 is 19.4 Å². The first-order valence-corrected chi connectivity index (χ1v) is 10.8. The van der Waals surface area contributed by atoms with Crippen molar-refractivity contribution in [1.29, 1.82) is 0 Å². The van der Waals surface area contributed by atoms with Crippen LogP contribution in [0.15, 0.2) is 24.3 Å². The Morgan fingerprint density at radius 2 is 1.84 bits per heavy atom. The molecule has 3 aliphatic rings. The van der Waals surface area contributed by atoms with E-state index >= 15 is 0 Å². The number of amides is 1. The van der Waals surface area contributed by atoms with Gasteiger partial charge in [-0.05, 0) is 42.5 Å². The molecule has 0 unspecified atom stereocenters. The Kier molecular flexibility index (Phi) is 9.55. The Bertz CT molecular complexity index is 744. The van der Waals surface area contributed by atoms with Crippen LogP contribution in [0.5, 0.6) is 0 Å². The van der Waals surface area contributed by atoms with Crippen LogP contribution in [0.2, 0.25) is 0 Å². The van der Waals surface area contributed by atoms with E-state index in [2.05, 4.69) is 10.2 Å². The Labute approximate surface area is 196 Å². The summed E-state index contributed by atoms with van der Waals surface area (Å²) in [5, 5.41) is 24.2. The molecular weight excluding hydrogens is 444 g/mol. The van der Waals surface area contributed by atoms with Crippen molar-refractivity contribution in [2.45, 2.75) is 32.1 Å². The second kappa shape index (κ2) is 11.3. The number of carbonyl (C=O) groups excluding carboxylic acids is 1. The largest absolute Gasteiger partial charge is 0.390 e. The van der Waals surface area contributed by atoms with E-state index in [1.165, 1.54) is 6.07 Å². The molecule has 0 spiro atoms. The summed E-state index contributed by atoms with van der Waals surface area (Å²) < 4.78 is 13.5. The molecule has 4 rings (SSSR count). The molecule has 2 aliphatic heterocycles. The molecule has 9 heteroatoms. The number of nitrogens with zero attached hydrogens (tertiary/aromatic N) is 2. The predicted octanol–water partition coefficient (Wildman–Crippen LogP) is 1.53. The summed E-state index contributed by atoms with van der Waals surface area (Å²) in [7, 11) is 0. The summed E-state index contributed by atoms with van der Waals surface area (Å²) >= 11 is 0. The molecule has 31 heavy (non-hydrogen) atoms. The lowest BCUT2D eigenvalue weighted by Crippen LogP contribution is -2.56. The molecule has 1 aromatic carbocycles. The van der Waals surface area contributed by atoms with E-state index < -0.39 is 12.2 Å². The molecule has 1 amide bonds. The van der Waals surface area contributed by atoms with Gasteiger partial charge in [0.1, 0.15) is 5.82 Å². The summed E-state index contributed by atoms with van der Waals surface area (Å²) in [5.74, 6) is -0.627. The van der Waals surface area contributed by atoms with Gasteiger partial charge in [-0.3, -0.25) is 9.69 Å². The standard InChI is InChI=1S/C22H32FN3O3.2ClH/c1-14-19(17-11-24-12-18(17)21(28)20(14)27)22(29)26-7-3-6-25(8-9-26)13-15-4-2-5-16(23)10-15;;/h2,4-5,10,14,17-21,24,27-28H,3,6-9,11-13H2,1H3;2*1H/t14-,17+,18+,19+,20+,21+;;/m1../s1. The summed E-state index contributed by atoms with van der Waals surface area (Å²) in [5.41, 5.74) is 0.947. The van der Waals surface area contributed by atoms with Crippen LogP contribution in [0.3, 0.4) is 0 Å². The average molecular weight is 478 g/mol. The van der Waals surface area contributed by atoms with Gasteiger partial charge in [-0.25, -0.2) is 4.39 Å². The van der Waals surface area contributed by atoms with E-state index in [9.17, 15) is 19.4 Å². The van der Waals surface area contributed by atoms with Crippen LogP contribution in [0, 0.1) is 29.5 Å². The smallest absolute Gasteiger partial charge is 0.226 e. The number of hydrogen-bond acceptors (Lipinski definition) is 5. The first-order chi connectivity index (χ1) is 14.0. The molecule has 1 aromatic rings. The number of aliphatic hydroxyl groups excluding tert-OH is 2. The van der Waals surface area contributed by atoms with Crippen molar-refractivity contribution in [1.82, 2.24) is 15.1 Å². The Morgan fingerprint density at radius 1 is 1.10 bits per heavy atom. The third kappa shape index (κ3) is 5.52. The molecule has 176 valence electrons. The minimum absolute atomic E-state index is 0. The third-order valence-electron chi connectivity index (χ3n) is 7.15. The fourth-order valence-corrected chi connectivity index (χ4v) is 5.52. The topological polar surface area (TPSA) is 76.0 Å². The van der Waals surface area contributed by atoms with Crippen molar-refractivity contribution in [2.75, 3.05) is 39.3 Å². The second-order valence-electron chi connectivity index (χ2n) is 8.94. The van der Waals surface area contributed by atoms with Crippen molar-refractivity contribution >= 4 is 30.7 Å². The van der Waals surface area contributed by atoms with Gasteiger partial charge in [0.15, 0.2) is 0 Å². The average Bonchev–Trinajstić information content (AvgIpc) is 3.06. The summed E-state index contributed by atoms with van der Waals surface area (Å²) in [6, 6.07) is 6.68. The van der Waals surface area contributed by atoms with E-state index in [4.69, 9.17) is 0 Å². The molecule has 2 saturated heterocycles. The highest BCUT2D eigenvalue weighted by Crippen LogP contribution is 2.42. The first kappa shape index (κ1) is 26.3. The van der Waals surface area contributed by atoms with Crippen LogP contribution in [-0.2, 0) is 11.3 Å². The Morgan fingerprint density at radius 3 is 2.58 bits per heavy atom. The van der Waals surface area contributed by atoms with Gasteiger partial charge in [-0.2, -0.15) is 0 Å². The molecule has 3 fully saturated rings. The first-order valence-electron chi connectivity index (χ1n) is 10.8. The normalized spacial score (nSPS) is 33.6. The lowest BCUT2D eigenvalue weighted by Gasteiger charge is -2.44. The molecule has 3 N–H and O–H groups in total. The van der Waals surface area contributed by atoms with Crippen LogP contribution in [-0.4, -0.2) is 77.4 Å². The van der Waals surface area contributed by atoms with Crippen molar-refractivity contribution in [3.8, 4) is 0 Å². The summed E-state index contributed by atoms with van der Waals surface area (Å²) in [6.07, 6.45) is -0.749. The molecule has 0 bridgehead atoms. The maximum Gasteiger partial charge on any atom is 0.226 e.